The molecule has 5 heteroatoms. The van der Waals surface area contributed by atoms with Crippen molar-refractivity contribution in [2.75, 3.05) is 0 Å². The quantitative estimate of drug-likeness (QED) is 0.719. The van der Waals surface area contributed by atoms with Crippen LogP contribution in [0.3, 0.4) is 0 Å². The number of nitrogens with one attached hydrogen (secondary N) is 1. The Kier molecular flexibility index (Phi) is 1.54. The molecular formula is C11H17NO3S. The summed E-state index contributed by atoms with van der Waals surface area (Å²) in [6, 6.07) is 0. The van der Waals surface area contributed by atoms with E-state index in [1.54, 1.807) is 0 Å². The molecule has 4 bridgehead atoms. The van der Waals surface area contributed by atoms with Gasteiger partial charge in [0.25, 0.3) is 0 Å². The van der Waals surface area contributed by atoms with Crippen LogP contribution in [0.2, 0.25) is 0 Å². The molecule has 0 saturated heterocycles. The van der Waals surface area contributed by atoms with Gasteiger partial charge in [-0.25, -0.2) is 0 Å². The third-order valence-electron chi connectivity index (χ3n) is 5.69. The van der Waals surface area contributed by atoms with Gasteiger partial charge in [0.2, 0.25) is 0 Å². The van der Waals surface area contributed by atoms with E-state index in [-0.39, 0.29) is 5.54 Å². The zero-order chi connectivity index (χ0) is 11.2. The number of rotatable bonds is 2. The molecule has 0 heterocycles. The fourth-order valence-corrected chi connectivity index (χ4v) is 6.72. The molecule has 1 spiro atoms. The molecule has 0 aromatic heterocycles. The molecule has 4 aliphatic rings. The van der Waals surface area contributed by atoms with Crippen LogP contribution in [0, 0.1) is 23.2 Å². The first-order valence-corrected chi connectivity index (χ1v) is 7.61. The van der Waals surface area contributed by atoms with Crippen LogP contribution in [0.25, 0.3) is 0 Å². The monoisotopic (exact) mass is 243 g/mol. The maximum Gasteiger partial charge on any atom is 0.333 e. The van der Waals surface area contributed by atoms with Crippen LogP contribution >= 0.6 is 0 Å². The largest absolute Gasteiger partial charge is 0.333 e. The molecule has 4 rings (SSSR count). The van der Waals surface area contributed by atoms with Gasteiger partial charge >= 0.3 is 10.3 Å². The van der Waals surface area contributed by atoms with Gasteiger partial charge in [-0.15, -0.1) is 0 Å². The summed E-state index contributed by atoms with van der Waals surface area (Å²) in [6.07, 6.45) is 7.01. The van der Waals surface area contributed by atoms with Crippen molar-refractivity contribution < 1.29 is 13.0 Å². The first-order valence-electron chi connectivity index (χ1n) is 6.17. The molecule has 0 aromatic carbocycles. The fraction of sp³-hybridized carbons (Fsp3) is 1.00. The van der Waals surface area contributed by atoms with Crippen molar-refractivity contribution in [1.82, 2.24) is 4.72 Å². The van der Waals surface area contributed by atoms with Crippen molar-refractivity contribution in [3.8, 4) is 0 Å². The smallest absolute Gasteiger partial charge is 0.273 e. The Labute approximate surface area is 95.7 Å². The van der Waals surface area contributed by atoms with Crippen LogP contribution in [0.4, 0.5) is 0 Å². The lowest BCUT2D eigenvalue weighted by atomic mass is 9.42. The Morgan fingerprint density at radius 2 is 1.88 bits per heavy atom. The molecule has 0 aromatic rings. The summed E-state index contributed by atoms with van der Waals surface area (Å²) in [5, 5.41) is 0. The predicted octanol–water partition coefficient (Wildman–Crippen LogP) is 1.35. The van der Waals surface area contributed by atoms with E-state index < -0.39 is 10.3 Å². The highest BCUT2D eigenvalue weighted by Crippen LogP contribution is 2.76. The summed E-state index contributed by atoms with van der Waals surface area (Å²) < 4.78 is 33.8. The summed E-state index contributed by atoms with van der Waals surface area (Å²) in [5.74, 6) is 2.03. The number of hydrogen-bond donors (Lipinski definition) is 2. The summed E-state index contributed by atoms with van der Waals surface area (Å²) >= 11 is 0. The van der Waals surface area contributed by atoms with E-state index in [1.807, 2.05) is 0 Å². The molecule has 5 atom stereocenters. The third kappa shape index (κ3) is 1.05. The molecule has 0 amide bonds. The fourth-order valence-electron chi connectivity index (χ4n) is 5.91. The minimum absolute atomic E-state index is 0.276. The highest BCUT2D eigenvalue weighted by Gasteiger charge is 2.73. The summed E-state index contributed by atoms with van der Waals surface area (Å²) in [4.78, 5) is 0. The van der Waals surface area contributed by atoms with Gasteiger partial charge in [0.15, 0.2) is 0 Å². The third-order valence-corrected chi connectivity index (χ3v) is 6.35. The SMILES string of the molecule is O=S(=O)(O)NC12CC3CC4CC1C(C4)(C3)C2. The van der Waals surface area contributed by atoms with Gasteiger partial charge in [-0.1, -0.05) is 0 Å². The molecule has 0 radical (unpaired) electrons. The van der Waals surface area contributed by atoms with E-state index in [1.165, 1.54) is 25.7 Å². The minimum atomic E-state index is -4.04. The molecule has 16 heavy (non-hydrogen) atoms. The standard InChI is InChI=1S/C11H17NO3S/c13-16(14,15)12-11-5-8-1-7-2-9(11)10(3-7,4-8)6-11/h7-9,12H,1-6H2,(H,13,14,15). The van der Waals surface area contributed by atoms with Crippen LogP contribution in [0.5, 0.6) is 0 Å². The van der Waals surface area contributed by atoms with Crippen molar-refractivity contribution in [1.29, 1.82) is 0 Å². The van der Waals surface area contributed by atoms with Crippen LogP contribution in [-0.4, -0.2) is 18.5 Å². The van der Waals surface area contributed by atoms with E-state index in [2.05, 4.69) is 4.72 Å². The molecule has 90 valence electrons. The zero-order valence-corrected chi connectivity index (χ0v) is 9.96. The lowest BCUT2D eigenvalue weighted by Gasteiger charge is -2.66. The van der Waals surface area contributed by atoms with Crippen LogP contribution in [0.1, 0.15) is 38.5 Å². The van der Waals surface area contributed by atoms with Gasteiger partial charge in [0, 0.05) is 5.54 Å². The number of hydrogen-bond acceptors (Lipinski definition) is 2. The van der Waals surface area contributed by atoms with E-state index in [0.717, 1.165) is 18.8 Å². The molecular weight excluding hydrogens is 226 g/mol. The van der Waals surface area contributed by atoms with E-state index in [4.69, 9.17) is 4.55 Å². The lowest BCUT2D eigenvalue weighted by Crippen LogP contribution is -2.71. The molecule has 4 fully saturated rings. The van der Waals surface area contributed by atoms with Crippen LogP contribution < -0.4 is 4.72 Å². The average Bonchev–Trinajstić information content (AvgIpc) is 2.25. The predicted molar refractivity (Wildman–Crippen MR) is 58.0 cm³/mol. The lowest BCUT2D eigenvalue weighted by molar-refractivity contribution is -0.130. The van der Waals surface area contributed by atoms with Gasteiger partial charge in [-0.3, -0.25) is 4.55 Å². The Balaban J connectivity index is 1.74. The maximum atomic E-state index is 11.1. The van der Waals surface area contributed by atoms with Gasteiger partial charge in [-0.05, 0) is 61.7 Å². The van der Waals surface area contributed by atoms with Crippen molar-refractivity contribution in [2.45, 2.75) is 44.1 Å². The van der Waals surface area contributed by atoms with Crippen molar-refractivity contribution >= 4 is 10.3 Å². The average molecular weight is 243 g/mol. The first-order chi connectivity index (χ1) is 7.41. The molecule has 0 aliphatic heterocycles. The summed E-state index contributed by atoms with van der Waals surface area (Å²) in [6.45, 7) is 0. The first kappa shape index (κ1) is 9.85. The summed E-state index contributed by atoms with van der Waals surface area (Å²) in [7, 11) is -4.04. The van der Waals surface area contributed by atoms with Gasteiger partial charge in [-0.2, -0.15) is 13.1 Å². The molecule has 5 unspecified atom stereocenters. The summed E-state index contributed by atoms with van der Waals surface area (Å²) in [5.41, 5.74) is 0.172. The highest BCUT2D eigenvalue weighted by atomic mass is 32.2. The van der Waals surface area contributed by atoms with Crippen LogP contribution in [0.15, 0.2) is 0 Å². The van der Waals surface area contributed by atoms with E-state index >= 15 is 0 Å². The highest BCUT2D eigenvalue weighted by molar-refractivity contribution is 7.83. The second kappa shape index (κ2) is 2.49. The molecule has 4 aliphatic carbocycles. The second-order valence-electron chi connectivity index (χ2n) is 6.64. The Hall–Kier alpha value is -0.130. The maximum absolute atomic E-state index is 11.1. The Bertz CT molecular complexity index is 458. The molecule has 2 N–H and O–H groups in total. The zero-order valence-electron chi connectivity index (χ0n) is 9.15. The second-order valence-corrected chi connectivity index (χ2v) is 7.80. The topological polar surface area (TPSA) is 66.4 Å². The van der Waals surface area contributed by atoms with Crippen molar-refractivity contribution in [2.24, 2.45) is 23.2 Å². The molecule has 4 saturated carbocycles. The normalized spacial score (nSPS) is 57.4. The van der Waals surface area contributed by atoms with Crippen LogP contribution in [-0.2, 0) is 10.3 Å². The minimum Gasteiger partial charge on any atom is -0.273 e. The van der Waals surface area contributed by atoms with Crippen molar-refractivity contribution in [3.63, 3.8) is 0 Å². The van der Waals surface area contributed by atoms with Gasteiger partial charge < -0.3 is 0 Å². The van der Waals surface area contributed by atoms with Gasteiger partial charge in [0.05, 0.1) is 0 Å². The number of fused-ring (bicyclic) bond motifs is 2. The van der Waals surface area contributed by atoms with E-state index in [0.29, 0.717) is 17.3 Å². The Morgan fingerprint density at radius 1 is 1.12 bits per heavy atom. The van der Waals surface area contributed by atoms with Crippen molar-refractivity contribution in [3.05, 3.63) is 0 Å². The Morgan fingerprint density at radius 3 is 2.62 bits per heavy atom. The van der Waals surface area contributed by atoms with E-state index in [9.17, 15) is 8.42 Å². The van der Waals surface area contributed by atoms with Gasteiger partial charge in [0.1, 0.15) is 0 Å². The molecule has 4 nitrogen and oxygen atoms in total.